The van der Waals surface area contributed by atoms with Gasteiger partial charge in [0.25, 0.3) is 5.78 Å². The number of ketones is 1. The Hall–Kier alpha value is -3.98. The van der Waals surface area contributed by atoms with Crippen molar-refractivity contribution in [3.05, 3.63) is 80.9 Å². The van der Waals surface area contributed by atoms with Gasteiger partial charge in [-0.2, -0.15) is 0 Å². The number of methoxy groups -OCH3 is 1. The molecule has 0 spiro atoms. The van der Waals surface area contributed by atoms with Gasteiger partial charge in [-0.3, -0.25) is 14.5 Å². The molecule has 39 heavy (non-hydrogen) atoms. The van der Waals surface area contributed by atoms with Crippen molar-refractivity contribution in [1.29, 1.82) is 0 Å². The Morgan fingerprint density at radius 3 is 2.33 bits per heavy atom. The Morgan fingerprint density at radius 2 is 1.77 bits per heavy atom. The summed E-state index contributed by atoms with van der Waals surface area (Å²) in [6.45, 7) is 11.6. The van der Waals surface area contributed by atoms with Gasteiger partial charge in [0, 0.05) is 5.56 Å². The van der Waals surface area contributed by atoms with E-state index in [1.54, 1.807) is 39.2 Å². The van der Waals surface area contributed by atoms with Crippen LogP contribution >= 0.6 is 11.3 Å². The molecular weight excluding hydrogens is 516 g/mol. The van der Waals surface area contributed by atoms with Gasteiger partial charge in [-0.1, -0.05) is 56.4 Å². The maximum absolute atomic E-state index is 13.5. The molecule has 2 heterocycles. The molecule has 0 unspecified atom stereocenters. The predicted octanol–water partition coefficient (Wildman–Crippen LogP) is 5.87. The van der Waals surface area contributed by atoms with Gasteiger partial charge in [-0.25, -0.2) is 9.78 Å². The van der Waals surface area contributed by atoms with Gasteiger partial charge in [0.1, 0.15) is 16.4 Å². The smallest absolute Gasteiger partial charge is 0.350 e. The largest absolute Gasteiger partial charge is 0.507 e. The van der Waals surface area contributed by atoms with Gasteiger partial charge in [-0.15, -0.1) is 0 Å². The number of hydrogen-bond donors (Lipinski definition) is 1. The summed E-state index contributed by atoms with van der Waals surface area (Å²) in [6, 6.07) is 11.7. The number of aliphatic hydroxyl groups is 1. The molecule has 4 rings (SSSR count). The monoisotopic (exact) mass is 548 g/mol. The molecule has 2 aromatic carbocycles. The van der Waals surface area contributed by atoms with Gasteiger partial charge < -0.3 is 14.6 Å². The molecule has 0 saturated carbocycles. The first-order chi connectivity index (χ1) is 18.4. The molecule has 0 bridgehead atoms. The number of carbonyl (C=O) groups is 3. The van der Waals surface area contributed by atoms with E-state index < -0.39 is 23.7 Å². The topological polar surface area (TPSA) is 106 Å². The Labute approximate surface area is 231 Å². The van der Waals surface area contributed by atoms with Crippen molar-refractivity contribution in [1.82, 2.24) is 4.98 Å². The first-order valence-electron chi connectivity index (χ1n) is 12.6. The van der Waals surface area contributed by atoms with E-state index in [9.17, 15) is 19.5 Å². The van der Waals surface area contributed by atoms with E-state index in [2.05, 4.69) is 25.8 Å². The molecule has 204 valence electrons. The summed E-state index contributed by atoms with van der Waals surface area (Å²) < 4.78 is 10.5. The molecule has 1 atom stereocenters. The van der Waals surface area contributed by atoms with E-state index in [0.29, 0.717) is 22.6 Å². The number of Topliss-reactive ketones (excluding diaryl/α,β-unsaturated/α-hetero) is 1. The lowest BCUT2D eigenvalue weighted by atomic mass is 9.85. The van der Waals surface area contributed by atoms with Crippen LogP contribution in [0.5, 0.6) is 5.75 Å². The van der Waals surface area contributed by atoms with Gasteiger partial charge in [0.2, 0.25) is 0 Å². The number of aromatic nitrogens is 1. The molecule has 8 nitrogen and oxygen atoms in total. The van der Waals surface area contributed by atoms with Gasteiger partial charge in [0.05, 0.1) is 31.0 Å². The van der Waals surface area contributed by atoms with Gasteiger partial charge in [-0.05, 0) is 61.1 Å². The first-order valence-corrected chi connectivity index (χ1v) is 13.4. The highest BCUT2D eigenvalue weighted by atomic mass is 32.1. The normalized spacial score (nSPS) is 17.0. The lowest BCUT2D eigenvalue weighted by molar-refractivity contribution is -0.132. The van der Waals surface area contributed by atoms with Gasteiger partial charge >= 0.3 is 11.9 Å². The highest BCUT2D eigenvalue weighted by Gasteiger charge is 2.48. The van der Waals surface area contributed by atoms with Crippen molar-refractivity contribution in [2.24, 2.45) is 0 Å². The Balaban J connectivity index is 1.92. The van der Waals surface area contributed by atoms with Crippen molar-refractivity contribution < 1.29 is 29.0 Å². The van der Waals surface area contributed by atoms with E-state index in [4.69, 9.17) is 9.47 Å². The fraction of sp³-hybridized carbons (Fsp3) is 0.333. The third kappa shape index (κ3) is 5.18. The summed E-state index contributed by atoms with van der Waals surface area (Å²) in [4.78, 5) is 45.5. The lowest BCUT2D eigenvalue weighted by Gasteiger charge is -2.25. The third-order valence-corrected chi connectivity index (χ3v) is 7.79. The molecule has 1 N–H and O–H groups in total. The van der Waals surface area contributed by atoms with E-state index >= 15 is 0 Å². The van der Waals surface area contributed by atoms with Crippen LogP contribution < -0.4 is 9.64 Å². The minimum Gasteiger partial charge on any atom is -0.507 e. The minimum atomic E-state index is -0.956. The molecule has 0 radical (unpaired) electrons. The van der Waals surface area contributed by atoms with Crippen LogP contribution in [-0.4, -0.2) is 41.5 Å². The molecule has 1 fully saturated rings. The predicted molar refractivity (Wildman–Crippen MR) is 150 cm³/mol. The second-order valence-corrected chi connectivity index (χ2v) is 11.3. The number of carbonyl (C=O) groups excluding carboxylic acids is 3. The van der Waals surface area contributed by atoms with Crippen LogP contribution in [0.1, 0.15) is 71.4 Å². The highest BCUT2D eigenvalue weighted by Crippen LogP contribution is 2.44. The summed E-state index contributed by atoms with van der Waals surface area (Å²) in [7, 11) is 1.55. The average Bonchev–Trinajstić information content (AvgIpc) is 3.40. The number of benzene rings is 2. The number of aliphatic hydroxyl groups excluding tert-OH is 1. The number of amides is 1. The van der Waals surface area contributed by atoms with Crippen molar-refractivity contribution >= 4 is 39.9 Å². The van der Waals surface area contributed by atoms with Crippen LogP contribution in [0.3, 0.4) is 0 Å². The van der Waals surface area contributed by atoms with Crippen molar-refractivity contribution in [2.45, 2.75) is 53.0 Å². The Morgan fingerprint density at radius 1 is 1.10 bits per heavy atom. The van der Waals surface area contributed by atoms with Crippen LogP contribution in [0, 0.1) is 13.8 Å². The average molecular weight is 549 g/mol. The number of nitrogens with zero attached hydrogens (tertiary/aromatic N) is 2. The van der Waals surface area contributed by atoms with Crippen molar-refractivity contribution in [3.63, 3.8) is 0 Å². The summed E-state index contributed by atoms with van der Waals surface area (Å²) in [6.07, 6.45) is 0. The van der Waals surface area contributed by atoms with E-state index in [1.165, 1.54) is 4.90 Å². The standard InChI is InChI=1S/C30H32N2O6S/c1-8-38-28(36)26-17(3)31-29(39-26)32-23(18-9-12-20(13-10-18)30(4,5)6)22(25(34)27(32)35)24(33)19-11-14-21(37-7)16(2)15-19/h9-15,23,33H,8H2,1-7H3/t23-/m1/s1. The fourth-order valence-corrected chi connectivity index (χ4v) is 5.55. The zero-order chi connectivity index (χ0) is 28.6. The first kappa shape index (κ1) is 28.0. The number of ether oxygens (including phenoxy) is 2. The second-order valence-electron chi connectivity index (χ2n) is 10.4. The summed E-state index contributed by atoms with van der Waals surface area (Å²) >= 11 is 0.980. The molecule has 3 aromatic rings. The summed E-state index contributed by atoms with van der Waals surface area (Å²) in [5.41, 5.74) is 3.06. The highest BCUT2D eigenvalue weighted by molar-refractivity contribution is 7.17. The number of rotatable bonds is 6. The molecule has 1 aliphatic rings. The van der Waals surface area contributed by atoms with Crippen molar-refractivity contribution in [2.75, 3.05) is 18.6 Å². The maximum atomic E-state index is 13.5. The maximum Gasteiger partial charge on any atom is 0.350 e. The van der Waals surface area contributed by atoms with Crippen LogP contribution in [0.25, 0.3) is 5.76 Å². The molecular formula is C30H32N2O6S. The van der Waals surface area contributed by atoms with Crippen LogP contribution in [-0.2, 0) is 19.7 Å². The van der Waals surface area contributed by atoms with E-state index in [1.807, 2.05) is 31.2 Å². The molecule has 1 aromatic heterocycles. The molecule has 9 heteroatoms. The molecule has 1 saturated heterocycles. The number of hydrogen-bond acceptors (Lipinski definition) is 8. The Kier molecular flexibility index (Phi) is 7.66. The molecule has 1 amide bonds. The number of aryl methyl sites for hydroxylation is 2. The zero-order valence-corrected chi connectivity index (χ0v) is 23.9. The van der Waals surface area contributed by atoms with Crippen LogP contribution in [0.15, 0.2) is 48.0 Å². The summed E-state index contributed by atoms with van der Waals surface area (Å²) in [5.74, 6) is -1.89. The fourth-order valence-electron chi connectivity index (χ4n) is 4.56. The molecule has 1 aliphatic heterocycles. The summed E-state index contributed by atoms with van der Waals surface area (Å²) in [5, 5.41) is 11.6. The second kappa shape index (κ2) is 10.6. The number of thiazole rings is 1. The minimum absolute atomic E-state index is 0.0568. The number of anilines is 1. The van der Waals surface area contributed by atoms with Gasteiger partial charge in [0.15, 0.2) is 5.13 Å². The van der Waals surface area contributed by atoms with E-state index in [-0.39, 0.29) is 33.4 Å². The van der Waals surface area contributed by atoms with Crippen LogP contribution in [0.4, 0.5) is 5.13 Å². The lowest BCUT2D eigenvalue weighted by Crippen LogP contribution is -2.29. The van der Waals surface area contributed by atoms with Crippen molar-refractivity contribution in [3.8, 4) is 5.75 Å². The zero-order valence-electron chi connectivity index (χ0n) is 23.1. The third-order valence-electron chi connectivity index (χ3n) is 6.66. The Bertz CT molecular complexity index is 1480. The SMILES string of the molecule is CCOC(=O)c1sc(N2C(=O)C(=O)C(=C(O)c3ccc(OC)c(C)c3)[C@H]2c2ccc(C(C)(C)C)cc2)nc1C. The quantitative estimate of drug-likeness (QED) is 0.178. The van der Waals surface area contributed by atoms with E-state index in [0.717, 1.165) is 22.5 Å². The van der Waals surface area contributed by atoms with Crippen LogP contribution in [0.2, 0.25) is 0 Å². The number of esters is 1. The molecule has 0 aliphatic carbocycles.